The zero-order valence-electron chi connectivity index (χ0n) is 27.5. The van der Waals surface area contributed by atoms with Gasteiger partial charge in [0, 0.05) is 6.42 Å². The standard InChI is InChI=1S/C31H26F15N4O5P/c32-25(33,27(35,36)29(39,40)28(37,38)26(34,30(41,42)43)31(44,45)46)15-16-53-24(51)50-22(17-18-11-13-19(14-12-18)49-23(47)48)56(52,54-20-7-3-1-4-8-20)55-21-9-5-2-6-10-21/h1-14,22H,15-17H2,(H,50,51)(H4,47,48,49). The number of hydrogen-bond donors (Lipinski definition) is 3. The number of ether oxygens (including phenoxy) is 1. The Hall–Kier alpha value is -5.02. The minimum absolute atomic E-state index is 0.150. The number of hydrogen-bond acceptors (Lipinski definition) is 6. The van der Waals surface area contributed by atoms with Gasteiger partial charge in [-0.15, -0.1) is 0 Å². The number of benzene rings is 3. The molecule has 3 rings (SSSR count). The number of aliphatic imine (C=N–C) groups is 1. The van der Waals surface area contributed by atoms with Crippen LogP contribution in [0.25, 0.3) is 0 Å². The Bertz CT molecular complexity index is 1800. The van der Waals surface area contributed by atoms with Crippen LogP contribution in [0.1, 0.15) is 12.0 Å². The van der Waals surface area contributed by atoms with E-state index in [0.29, 0.717) is 0 Å². The first kappa shape index (κ1) is 45.4. The molecule has 0 saturated heterocycles. The number of halogens is 15. The third kappa shape index (κ3) is 9.32. The summed E-state index contributed by atoms with van der Waals surface area (Å²) in [4.78, 5) is 16.6. The van der Waals surface area contributed by atoms with E-state index in [1.54, 1.807) is 0 Å². The van der Waals surface area contributed by atoms with Crippen LogP contribution < -0.4 is 25.8 Å². The number of amides is 1. The maximum absolute atomic E-state index is 14.5. The number of guanidine groups is 1. The second-order valence-corrected chi connectivity index (χ2v) is 13.5. The molecule has 1 atom stereocenters. The van der Waals surface area contributed by atoms with Crippen molar-refractivity contribution in [3.05, 3.63) is 90.5 Å². The van der Waals surface area contributed by atoms with E-state index in [1.165, 1.54) is 84.9 Å². The highest BCUT2D eigenvalue weighted by molar-refractivity contribution is 7.55. The molecule has 0 bridgehead atoms. The first-order valence-electron chi connectivity index (χ1n) is 15.1. The molecule has 3 aromatic carbocycles. The molecule has 0 aliphatic carbocycles. The molecular weight excluding hydrogens is 824 g/mol. The Labute approximate surface area is 305 Å². The molecular formula is C31H26F15N4O5P. The molecule has 0 aliphatic heterocycles. The molecule has 0 saturated carbocycles. The molecule has 1 amide bonds. The molecule has 5 N–H and O–H groups in total. The largest absolute Gasteiger partial charge is 0.453 e. The molecule has 0 heterocycles. The Morgan fingerprint density at radius 2 is 1.11 bits per heavy atom. The van der Waals surface area contributed by atoms with E-state index in [2.05, 4.69) is 9.73 Å². The molecule has 25 heteroatoms. The van der Waals surface area contributed by atoms with Gasteiger partial charge in [-0.2, -0.15) is 61.5 Å². The normalized spacial score (nSPS) is 14.1. The van der Waals surface area contributed by atoms with Crippen molar-refractivity contribution < 1.29 is 89.0 Å². The number of rotatable bonds is 16. The number of nitrogens with zero attached hydrogens (tertiary/aromatic N) is 1. The maximum Gasteiger partial charge on any atom is 0.453 e. The molecule has 310 valence electrons. The Kier molecular flexibility index (Phi) is 13.1. The van der Waals surface area contributed by atoms with Crippen LogP contribution in [0.3, 0.4) is 0 Å². The van der Waals surface area contributed by atoms with Gasteiger partial charge in [0.15, 0.2) is 11.7 Å². The van der Waals surface area contributed by atoms with Crippen molar-refractivity contribution in [3.8, 4) is 11.5 Å². The fourth-order valence-corrected chi connectivity index (χ4v) is 6.31. The van der Waals surface area contributed by atoms with Crippen molar-refractivity contribution in [2.24, 2.45) is 16.5 Å². The van der Waals surface area contributed by atoms with E-state index in [4.69, 9.17) is 20.5 Å². The number of nitrogens with two attached hydrogens (primary N) is 2. The summed E-state index contributed by atoms with van der Waals surface area (Å²) < 4.78 is 234. The minimum atomic E-state index is -8.60. The van der Waals surface area contributed by atoms with Gasteiger partial charge in [0.2, 0.25) is 0 Å². The van der Waals surface area contributed by atoms with E-state index in [1.807, 2.05) is 5.32 Å². The van der Waals surface area contributed by atoms with E-state index in [9.17, 15) is 75.2 Å². The third-order valence-electron chi connectivity index (χ3n) is 7.35. The van der Waals surface area contributed by atoms with Crippen LogP contribution in [-0.4, -0.2) is 66.2 Å². The molecule has 0 radical (unpaired) electrons. The number of carbonyl (C=O) groups excluding carboxylic acids is 1. The number of carbonyl (C=O) groups is 1. The van der Waals surface area contributed by atoms with E-state index >= 15 is 0 Å². The van der Waals surface area contributed by atoms with Crippen molar-refractivity contribution >= 4 is 25.3 Å². The Balaban J connectivity index is 1.93. The van der Waals surface area contributed by atoms with E-state index in [0.717, 1.165) is 0 Å². The van der Waals surface area contributed by atoms with Gasteiger partial charge in [0.1, 0.15) is 11.5 Å². The van der Waals surface area contributed by atoms with Gasteiger partial charge < -0.3 is 30.6 Å². The van der Waals surface area contributed by atoms with Crippen LogP contribution in [0, 0.1) is 0 Å². The predicted molar refractivity (Wildman–Crippen MR) is 166 cm³/mol. The van der Waals surface area contributed by atoms with Gasteiger partial charge in [0.25, 0.3) is 0 Å². The fourth-order valence-electron chi connectivity index (χ4n) is 4.49. The van der Waals surface area contributed by atoms with Gasteiger partial charge in [-0.25, -0.2) is 18.7 Å². The number of alkyl carbamates (subject to hydrolysis) is 1. The maximum atomic E-state index is 14.5. The fraction of sp³-hybridized carbons (Fsp3) is 0.355. The summed E-state index contributed by atoms with van der Waals surface area (Å²) in [6.07, 6.45) is -21.7. The topological polar surface area (TPSA) is 138 Å². The summed E-state index contributed by atoms with van der Waals surface area (Å²) in [6, 6.07) is 19.1. The van der Waals surface area contributed by atoms with Gasteiger partial charge in [-0.05, 0) is 42.0 Å². The lowest BCUT2D eigenvalue weighted by Crippen LogP contribution is -2.75. The van der Waals surface area contributed by atoms with E-state index in [-0.39, 0.29) is 28.7 Å². The molecule has 3 aromatic rings. The number of nitrogens with one attached hydrogen (secondary N) is 1. The minimum Gasteiger partial charge on any atom is -0.449 e. The van der Waals surface area contributed by atoms with Crippen molar-refractivity contribution in [2.75, 3.05) is 6.61 Å². The first-order valence-corrected chi connectivity index (χ1v) is 16.7. The zero-order chi connectivity index (χ0) is 42.6. The van der Waals surface area contributed by atoms with Gasteiger partial charge in [-0.3, -0.25) is 0 Å². The van der Waals surface area contributed by atoms with Crippen molar-refractivity contribution in [1.29, 1.82) is 0 Å². The van der Waals surface area contributed by atoms with Crippen molar-refractivity contribution in [1.82, 2.24) is 5.32 Å². The van der Waals surface area contributed by atoms with Crippen LogP contribution in [0.5, 0.6) is 11.5 Å². The van der Waals surface area contributed by atoms with Crippen LogP contribution >= 0.6 is 7.60 Å². The average molecular weight is 851 g/mol. The third-order valence-corrected chi connectivity index (χ3v) is 9.36. The smallest absolute Gasteiger partial charge is 0.449 e. The van der Waals surface area contributed by atoms with Gasteiger partial charge in [0.05, 0.1) is 18.7 Å². The average Bonchev–Trinajstić information content (AvgIpc) is 3.07. The highest BCUT2D eigenvalue weighted by Gasteiger charge is 2.95. The zero-order valence-corrected chi connectivity index (χ0v) is 28.4. The summed E-state index contributed by atoms with van der Waals surface area (Å²) in [7, 11) is -4.85. The molecule has 0 aliphatic rings. The molecule has 0 spiro atoms. The second kappa shape index (κ2) is 16.2. The predicted octanol–water partition coefficient (Wildman–Crippen LogP) is 9.30. The lowest BCUT2D eigenvalue weighted by Gasteiger charge is -2.43. The summed E-state index contributed by atoms with van der Waals surface area (Å²) in [6.45, 7) is -2.20. The highest BCUT2D eigenvalue weighted by Crippen LogP contribution is 2.64. The lowest BCUT2D eigenvalue weighted by molar-refractivity contribution is -0.457. The van der Waals surface area contributed by atoms with Crippen LogP contribution in [0.2, 0.25) is 0 Å². The second-order valence-electron chi connectivity index (χ2n) is 11.4. The molecule has 0 fully saturated rings. The molecule has 56 heavy (non-hydrogen) atoms. The number of alkyl halides is 15. The first-order chi connectivity index (χ1) is 25.5. The molecule has 9 nitrogen and oxygen atoms in total. The molecule has 0 aromatic heterocycles. The summed E-state index contributed by atoms with van der Waals surface area (Å²) in [5.41, 5.74) is 2.56. The van der Waals surface area contributed by atoms with Crippen LogP contribution in [0.15, 0.2) is 89.9 Å². The lowest BCUT2D eigenvalue weighted by atomic mass is 9.85. The number of para-hydroxylation sites is 2. The van der Waals surface area contributed by atoms with E-state index < -0.39 is 80.6 Å². The monoisotopic (exact) mass is 850 g/mol. The Morgan fingerprint density at radius 3 is 1.52 bits per heavy atom. The van der Waals surface area contributed by atoms with Gasteiger partial charge >= 0.3 is 55.4 Å². The summed E-state index contributed by atoms with van der Waals surface area (Å²) >= 11 is 0. The summed E-state index contributed by atoms with van der Waals surface area (Å²) in [5.74, 6) is -34.2. The van der Waals surface area contributed by atoms with Crippen molar-refractivity contribution in [2.45, 2.75) is 60.3 Å². The van der Waals surface area contributed by atoms with Crippen molar-refractivity contribution in [3.63, 3.8) is 0 Å². The van der Waals surface area contributed by atoms with Crippen LogP contribution in [0.4, 0.5) is 76.3 Å². The SMILES string of the molecule is NC(N)=Nc1ccc(CC(NC(=O)OCCC(F)(F)C(F)(F)C(F)(F)C(F)(F)C(F)(C(F)(F)F)C(F)(F)F)P(=O)(Oc2ccccc2)Oc2ccccc2)cc1. The summed E-state index contributed by atoms with van der Waals surface area (Å²) in [5, 5.41) is 1.88. The Morgan fingerprint density at radius 1 is 0.661 bits per heavy atom. The quantitative estimate of drug-likeness (QED) is 0.0566. The molecule has 1 unspecified atom stereocenters. The van der Waals surface area contributed by atoms with Gasteiger partial charge in [-0.1, -0.05) is 48.5 Å². The highest BCUT2D eigenvalue weighted by atomic mass is 31.2. The van der Waals surface area contributed by atoms with Crippen LogP contribution in [-0.2, 0) is 15.7 Å².